The van der Waals surface area contributed by atoms with Crippen LogP contribution in [-0.2, 0) is 30.6 Å². The number of hydrogen-bond acceptors (Lipinski definition) is 8. The fraction of sp³-hybridized carbons (Fsp3) is 0.471. The van der Waals surface area contributed by atoms with Gasteiger partial charge in [-0.15, -0.1) is 0 Å². The van der Waals surface area contributed by atoms with E-state index in [0.29, 0.717) is 17.6 Å². The maximum Gasteiger partial charge on any atom is 0.328 e. The Morgan fingerprint density at radius 2 is 2.15 bits per heavy atom. The largest absolute Gasteiger partial charge is 0.463 e. The van der Waals surface area contributed by atoms with Gasteiger partial charge in [-0.05, 0) is 5.92 Å². The van der Waals surface area contributed by atoms with Crippen molar-refractivity contribution in [1.29, 1.82) is 0 Å². The number of ether oxygens (including phenoxy) is 3. The molecule has 0 bridgehead atoms. The summed E-state index contributed by atoms with van der Waals surface area (Å²) in [6, 6.07) is 2.51. The van der Waals surface area contributed by atoms with Crippen molar-refractivity contribution in [3.8, 4) is 5.88 Å². The van der Waals surface area contributed by atoms with Gasteiger partial charge in [-0.2, -0.15) is 0 Å². The zero-order valence-electron chi connectivity index (χ0n) is 15.2. The number of nitrogens with zero attached hydrogens (tertiary/aromatic N) is 1. The van der Waals surface area contributed by atoms with E-state index < -0.39 is 17.9 Å². The van der Waals surface area contributed by atoms with Crippen LogP contribution in [0.3, 0.4) is 0 Å². The quantitative estimate of drug-likeness (QED) is 0.324. The van der Waals surface area contributed by atoms with Crippen molar-refractivity contribution in [2.24, 2.45) is 11.7 Å². The highest BCUT2D eigenvalue weighted by Gasteiger charge is 2.25. The fourth-order valence-electron chi connectivity index (χ4n) is 2.41. The van der Waals surface area contributed by atoms with Gasteiger partial charge in [0.15, 0.2) is 5.58 Å². The van der Waals surface area contributed by atoms with Gasteiger partial charge in [-0.1, -0.05) is 13.8 Å². The van der Waals surface area contributed by atoms with Crippen LogP contribution in [0.1, 0.15) is 13.8 Å². The molecule has 0 unspecified atom stereocenters. The Morgan fingerprint density at radius 1 is 1.37 bits per heavy atom. The second kappa shape index (κ2) is 9.74. The van der Waals surface area contributed by atoms with Crippen molar-refractivity contribution >= 4 is 29.4 Å². The summed E-state index contributed by atoms with van der Waals surface area (Å²) in [7, 11) is 0. The molecule has 1 amide bonds. The molecule has 0 spiro atoms. The van der Waals surface area contributed by atoms with Gasteiger partial charge in [0.05, 0.1) is 24.9 Å². The van der Waals surface area contributed by atoms with Gasteiger partial charge in [0.2, 0.25) is 11.8 Å². The van der Waals surface area contributed by atoms with Crippen LogP contribution < -0.4 is 15.8 Å². The topological polar surface area (TPSA) is 135 Å². The molecule has 0 saturated heterocycles. The number of rotatable bonds is 11. The average molecular weight is 381 g/mol. The molecule has 27 heavy (non-hydrogen) atoms. The first-order valence-corrected chi connectivity index (χ1v) is 8.38. The number of hydrogen-bond donors (Lipinski definition) is 2. The molecule has 0 aliphatic carbocycles. The summed E-state index contributed by atoms with van der Waals surface area (Å²) in [4.78, 5) is 34.1. The lowest BCUT2D eigenvalue weighted by atomic mass is 10.0. The third kappa shape index (κ3) is 5.31. The maximum absolute atomic E-state index is 12.1. The van der Waals surface area contributed by atoms with Crippen molar-refractivity contribution in [2.45, 2.75) is 26.6 Å². The number of amides is 1. The van der Waals surface area contributed by atoms with Gasteiger partial charge in [-0.3, -0.25) is 14.2 Å². The van der Waals surface area contributed by atoms with E-state index in [-0.39, 0.29) is 38.3 Å². The predicted octanol–water partition coefficient (Wildman–Crippen LogP) is 0.386. The first kappa shape index (κ1) is 20.5. The number of nitrogens with two attached hydrogens (primary N) is 1. The molecule has 0 aromatic carbocycles. The summed E-state index contributed by atoms with van der Waals surface area (Å²) in [5.41, 5.74) is 6.50. The molecular weight excluding hydrogens is 358 g/mol. The summed E-state index contributed by atoms with van der Waals surface area (Å²) in [6.45, 7) is 3.87. The van der Waals surface area contributed by atoms with Crippen LogP contribution in [0.15, 0.2) is 22.8 Å². The zero-order valence-corrected chi connectivity index (χ0v) is 15.2. The molecule has 3 N–H and O–H groups in total. The lowest BCUT2D eigenvalue weighted by molar-refractivity contribution is -0.151. The minimum Gasteiger partial charge on any atom is -0.463 e. The predicted molar refractivity (Wildman–Crippen MR) is 93.6 cm³/mol. The number of carbonyl (C=O) groups excluding carboxylic acids is 3. The highest BCUT2D eigenvalue weighted by atomic mass is 16.6. The molecule has 0 saturated carbocycles. The van der Waals surface area contributed by atoms with E-state index in [0.717, 1.165) is 0 Å². The van der Waals surface area contributed by atoms with Crippen molar-refractivity contribution in [3.63, 3.8) is 0 Å². The van der Waals surface area contributed by atoms with Crippen LogP contribution in [0.2, 0.25) is 0 Å². The van der Waals surface area contributed by atoms with Crippen molar-refractivity contribution in [3.05, 3.63) is 18.4 Å². The molecule has 1 atom stereocenters. The first-order chi connectivity index (χ1) is 13.0. The molecule has 2 heterocycles. The molecule has 0 aliphatic rings. The lowest BCUT2D eigenvalue weighted by Crippen LogP contribution is -2.47. The average Bonchev–Trinajstić information content (AvgIpc) is 3.21. The third-order valence-corrected chi connectivity index (χ3v) is 3.77. The summed E-state index contributed by atoms with van der Waals surface area (Å²) in [6.07, 6.45) is 1.51. The van der Waals surface area contributed by atoms with Gasteiger partial charge in [0.1, 0.15) is 19.4 Å². The Morgan fingerprint density at radius 3 is 2.81 bits per heavy atom. The Bertz CT molecular complexity index is 781. The molecule has 0 aliphatic heterocycles. The van der Waals surface area contributed by atoms with Gasteiger partial charge in [0.25, 0.3) is 6.47 Å². The molecule has 10 heteroatoms. The molecule has 2 aromatic heterocycles. The number of aromatic nitrogens is 1. The number of esters is 1. The van der Waals surface area contributed by atoms with Gasteiger partial charge < -0.3 is 29.7 Å². The number of nitrogens with one attached hydrogen (secondary N) is 1. The monoisotopic (exact) mass is 381 g/mol. The van der Waals surface area contributed by atoms with E-state index in [2.05, 4.69) is 5.32 Å². The van der Waals surface area contributed by atoms with E-state index in [1.54, 1.807) is 30.5 Å². The van der Waals surface area contributed by atoms with E-state index in [9.17, 15) is 14.4 Å². The number of furan rings is 1. The summed E-state index contributed by atoms with van der Waals surface area (Å²) in [5.74, 6) is -0.855. The zero-order chi connectivity index (χ0) is 19.8. The van der Waals surface area contributed by atoms with Crippen LogP contribution in [0.4, 0.5) is 0 Å². The lowest BCUT2D eigenvalue weighted by Gasteiger charge is -2.20. The SMILES string of the molecule is CC(C)[C@H](NC(=O)CN)C(=O)OCCOCn1c(OC=O)cc2occc21. The van der Waals surface area contributed by atoms with E-state index in [4.69, 9.17) is 24.4 Å². The van der Waals surface area contributed by atoms with Crippen molar-refractivity contribution in [2.75, 3.05) is 19.8 Å². The van der Waals surface area contributed by atoms with Gasteiger partial charge >= 0.3 is 5.97 Å². The van der Waals surface area contributed by atoms with Crippen LogP contribution in [0.25, 0.3) is 11.1 Å². The van der Waals surface area contributed by atoms with Gasteiger partial charge in [0, 0.05) is 12.1 Å². The molecule has 2 aromatic rings. The van der Waals surface area contributed by atoms with Crippen molar-refractivity contribution < 1.29 is 33.0 Å². The van der Waals surface area contributed by atoms with Crippen LogP contribution in [0, 0.1) is 5.92 Å². The number of carbonyl (C=O) groups is 3. The number of fused-ring (bicyclic) bond motifs is 1. The molecule has 0 fully saturated rings. The standard InChI is InChI=1S/C17H23N3O7/c1-11(2)16(19-14(22)8-18)17(23)26-6-5-24-9-20-12-3-4-25-13(12)7-15(20)27-10-21/h3-4,7,10-11,16H,5-6,8-9,18H2,1-2H3,(H,19,22)/t16-/m0/s1. The second-order valence-electron chi connectivity index (χ2n) is 5.99. The smallest absolute Gasteiger partial charge is 0.328 e. The molecular formula is C17H23N3O7. The molecule has 148 valence electrons. The summed E-state index contributed by atoms with van der Waals surface area (Å²) >= 11 is 0. The molecule has 10 nitrogen and oxygen atoms in total. The minimum atomic E-state index is -0.774. The second-order valence-corrected chi connectivity index (χ2v) is 5.99. The normalized spacial score (nSPS) is 12.1. The Hall–Kier alpha value is -2.85. The highest BCUT2D eigenvalue weighted by Crippen LogP contribution is 2.26. The summed E-state index contributed by atoms with van der Waals surface area (Å²) < 4.78 is 22.4. The minimum absolute atomic E-state index is 0.000216. The molecule has 0 radical (unpaired) electrons. The van der Waals surface area contributed by atoms with Crippen LogP contribution >= 0.6 is 0 Å². The highest BCUT2D eigenvalue weighted by molar-refractivity contribution is 5.85. The van der Waals surface area contributed by atoms with Gasteiger partial charge in [-0.25, -0.2) is 4.79 Å². The third-order valence-electron chi connectivity index (χ3n) is 3.77. The maximum atomic E-state index is 12.1. The Balaban J connectivity index is 1.82. The fourth-order valence-corrected chi connectivity index (χ4v) is 2.41. The van der Waals surface area contributed by atoms with E-state index in [1.807, 2.05) is 0 Å². The Labute approximate surface area is 155 Å². The summed E-state index contributed by atoms with van der Waals surface area (Å²) in [5, 5.41) is 2.52. The van der Waals surface area contributed by atoms with Crippen LogP contribution in [-0.4, -0.2) is 48.7 Å². The Kier molecular flexibility index (Phi) is 7.38. The van der Waals surface area contributed by atoms with Crippen molar-refractivity contribution in [1.82, 2.24) is 9.88 Å². The first-order valence-electron chi connectivity index (χ1n) is 8.38. The van der Waals surface area contributed by atoms with Crippen LogP contribution in [0.5, 0.6) is 5.88 Å². The van der Waals surface area contributed by atoms with E-state index >= 15 is 0 Å². The molecule has 2 rings (SSSR count). The van der Waals surface area contributed by atoms with E-state index in [1.165, 1.54) is 6.26 Å².